The van der Waals surface area contributed by atoms with Crippen molar-refractivity contribution in [1.29, 1.82) is 0 Å². The van der Waals surface area contributed by atoms with E-state index in [4.69, 9.17) is 0 Å². The van der Waals surface area contributed by atoms with Gasteiger partial charge in [0.2, 0.25) is 5.95 Å². The van der Waals surface area contributed by atoms with Crippen LogP contribution in [0.1, 0.15) is 5.56 Å². The second-order valence-corrected chi connectivity index (χ2v) is 5.26. The minimum absolute atomic E-state index is 0.106. The highest BCUT2D eigenvalue weighted by Gasteiger charge is 2.16. The van der Waals surface area contributed by atoms with Crippen LogP contribution < -0.4 is 16.7 Å². The lowest BCUT2D eigenvalue weighted by molar-refractivity contribution is 0.278. The summed E-state index contributed by atoms with van der Waals surface area (Å²) >= 11 is 0. The molecule has 0 unspecified atom stereocenters. The van der Waals surface area contributed by atoms with Gasteiger partial charge in [0.15, 0.2) is 11.2 Å². The predicted octanol–water partition coefficient (Wildman–Crippen LogP) is -0.433. The molecule has 4 N–H and O–H groups in total. The van der Waals surface area contributed by atoms with E-state index in [2.05, 4.69) is 20.5 Å². The van der Waals surface area contributed by atoms with Gasteiger partial charge in [0, 0.05) is 13.6 Å². The fourth-order valence-corrected chi connectivity index (χ4v) is 2.36. The molecule has 130 valence electrons. The van der Waals surface area contributed by atoms with E-state index < -0.39 is 11.2 Å². The van der Waals surface area contributed by atoms with Crippen LogP contribution in [0, 0.1) is 0 Å². The third kappa shape index (κ3) is 3.15. The van der Waals surface area contributed by atoms with Crippen LogP contribution in [-0.2, 0) is 13.6 Å². The number of aromatic nitrogens is 4. The molecule has 2 aromatic heterocycles. The van der Waals surface area contributed by atoms with Gasteiger partial charge in [-0.3, -0.25) is 14.3 Å². The summed E-state index contributed by atoms with van der Waals surface area (Å²) in [6, 6.07) is 6.40. The van der Waals surface area contributed by atoms with E-state index in [0.29, 0.717) is 0 Å². The number of phenols is 1. The van der Waals surface area contributed by atoms with E-state index in [1.54, 1.807) is 12.1 Å². The smallest absolute Gasteiger partial charge is 0.329 e. The number of phenolic OH excluding ortho intramolecular Hbond substituents is 1. The molecule has 0 aliphatic carbocycles. The number of aryl methyl sites for hydroxylation is 1. The van der Waals surface area contributed by atoms with Crippen molar-refractivity contribution in [3.63, 3.8) is 0 Å². The van der Waals surface area contributed by atoms with E-state index in [1.165, 1.54) is 34.5 Å². The number of aromatic amines is 1. The fraction of sp³-hybridized carbons (Fsp3) is 0.200. The van der Waals surface area contributed by atoms with Gasteiger partial charge in [-0.05, 0) is 29.8 Å². The zero-order valence-electron chi connectivity index (χ0n) is 13.3. The van der Waals surface area contributed by atoms with Gasteiger partial charge >= 0.3 is 5.69 Å². The van der Waals surface area contributed by atoms with Gasteiger partial charge in [0.05, 0.1) is 12.8 Å². The molecule has 0 aliphatic rings. The maximum absolute atomic E-state index is 12.1. The Hall–Kier alpha value is -3.40. The van der Waals surface area contributed by atoms with Crippen LogP contribution in [0.25, 0.3) is 11.2 Å². The van der Waals surface area contributed by atoms with Crippen LogP contribution in [-0.4, -0.2) is 42.1 Å². The van der Waals surface area contributed by atoms with Crippen LogP contribution in [0.15, 0.2) is 39.0 Å². The van der Waals surface area contributed by atoms with E-state index in [1.807, 2.05) is 0 Å². The summed E-state index contributed by atoms with van der Waals surface area (Å²) in [6.07, 6.45) is 1.51. The first-order valence-electron chi connectivity index (χ1n) is 7.40. The molecule has 3 rings (SSSR count). The van der Waals surface area contributed by atoms with Gasteiger partial charge in [0.25, 0.3) is 5.56 Å². The summed E-state index contributed by atoms with van der Waals surface area (Å²) in [5, 5.41) is 22.5. The molecule has 0 saturated carbocycles. The molecule has 0 saturated heterocycles. The number of benzene rings is 1. The molecule has 3 aromatic rings. The van der Waals surface area contributed by atoms with E-state index in [9.17, 15) is 19.8 Å². The Morgan fingerprint density at radius 2 is 2.04 bits per heavy atom. The number of H-pyrrole nitrogens is 1. The maximum Gasteiger partial charge on any atom is 0.329 e. The Balaban J connectivity index is 2.00. The molecule has 0 fully saturated rings. The second-order valence-electron chi connectivity index (χ2n) is 5.26. The molecular weight excluding hydrogens is 328 g/mol. The number of rotatable bonds is 5. The predicted molar refractivity (Wildman–Crippen MR) is 92.0 cm³/mol. The molecule has 0 amide bonds. The Labute approximate surface area is 140 Å². The summed E-state index contributed by atoms with van der Waals surface area (Å²) < 4.78 is 2.65. The van der Waals surface area contributed by atoms with Gasteiger partial charge in [-0.15, -0.1) is 0 Å². The summed E-state index contributed by atoms with van der Waals surface area (Å²) in [4.78, 5) is 30.2. The highest BCUT2D eigenvalue weighted by atomic mass is 16.3. The molecule has 0 aliphatic heterocycles. The minimum Gasteiger partial charge on any atom is -0.508 e. The average Bonchev–Trinajstić information content (AvgIpc) is 2.94. The van der Waals surface area contributed by atoms with Gasteiger partial charge in [-0.2, -0.15) is 10.1 Å². The molecule has 2 heterocycles. The van der Waals surface area contributed by atoms with E-state index in [0.717, 1.165) is 5.56 Å². The van der Waals surface area contributed by atoms with Crippen molar-refractivity contribution in [2.24, 2.45) is 12.1 Å². The number of hydrogen-bond donors (Lipinski definition) is 4. The van der Waals surface area contributed by atoms with Crippen LogP contribution >= 0.6 is 0 Å². The number of hydrogen-bond acceptors (Lipinski definition) is 7. The van der Waals surface area contributed by atoms with Crippen LogP contribution in [0.5, 0.6) is 5.75 Å². The maximum atomic E-state index is 12.1. The molecule has 0 atom stereocenters. The monoisotopic (exact) mass is 344 g/mol. The highest BCUT2D eigenvalue weighted by molar-refractivity contribution is 5.80. The topological polar surface area (TPSA) is 138 Å². The average molecular weight is 344 g/mol. The first-order chi connectivity index (χ1) is 12.0. The number of aliphatic hydroxyl groups excluding tert-OH is 1. The molecule has 0 spiro atoms. The quantitative estimate of drug-likeness (QED) is 0.366. The summed E-state index contributed by atoms with van der Waals surface area (Å²) in [5.74, 6) is 0.362. The summed E-state index contributed by atoms with van der Waals surface area (Å²) in [7, 11) is 1.49. The minimum atomic E-state index is -0.588. The third-order valence-corrected chi connectivity index (χ3v) is 3.60. The number of fused-ring (bicyclic) bond motifs is 1. The number of anilines is 1. The van der Waals surface area contributed by atoms with Crippen LogP contribution in [0.3, 0.4) is 0 Å². The molecule has 10 heteroatoms. The van der Waals surface area contributed by atoms with Gasteiger partial charge in [-0.25, -0.2) is 10.2 Å². The van der Waals surface area contributed by atoms with Gasteiger partial charge < -0.3 is 14.8 Å². The van der Waals surface area contributed by atoms with Gasteiger partial charge in [0.1, 0.15) is 5.75 Å². The number of nitrogens with zero attached hydrogens (tertiary/aromatic N) is 4. The molecular formula is C15H16N6O4. The highest BCUT2D eigenvalue weighted by Crippen LogP contribution is 2.15. The van der Waals surface area contributed by atoms with Crippen LogP contribution in [0.2, 0.25) is 0 Å². The van der Waals surface area contributed by atoms with Crippen molar-refractivity contribution in [2.75, 3.05) is 12.0 Å². The Morgan fingerprint density at radius 1 is 1.32 bits per heavy atom. The largest absolute Gasteiger partial charge is 0.508 e. The SMILES string of the molecule is Cn1c(=O)[nH]c(=O)c2c1nc(N/N=C/c1ccc(O)cc1)n2CCO. The van der Waals surface area contributed by atoms with E-state index in [-0.39, 0.29) is 36.0 Å². The number of hydrazone groups is 1. The first kappa shape index (κ1) is 16.5. The summed E-state index contributed by atoms with van der Waals surface area (Å²) in [6.45, 7) is -0.112. The lowest BCUT2D eigenvalue weighted by Gasteiger charge is -2.05. The lowest BCUT2D eigenvalue weighted by atomic mass is 10.2. The third-order valence-electron chi connectivity index (χ3n) is 3.60. The molecule has 0 bridgehead atoms. The van der Waals surface area contributed by atoms with Crippen molar-refractivity contribution in [1.82, 2.24) is 19.1 Å². The molecule has 0 radical (unpaired) electrons. The number of imidazole rings is 1. The Morgan fingerprint density at radius 3 is 2.72 bits per heavy atom. The zero-order valence-corrected chi connectivity index (χ0v) is 13.3. The fourth-order valence-electron chi connectivity index (χ4n) is 2.36. The van der Waals surface area contributed by atoms with Crippen molar-refractivity contribution < 1.29 is 10.2 Å². The number of nitrogens with one attached hydrogen (secondary N) is 2. The second kappa shape index (κ2) is 6.61. The number of aliphatic hydroxyl groups is 1. The zero-order chi connectivity index (χ0) is 18.0. The molecule has 10 nitrogen and oxygen atoms in total. The van der Waals surface area contributed by atoms with Crippen molar-refractivity contribution in [3.8, 4) is 5.75 Å². The normalized spacial score (nSPS) is 11.4. The summed E-state index contributed by atoms with van der Waals surface area (Å²) in [5.41, 5.74) is 2.62. The van der Waals surface area contributed by atoms with Crippen molar-refractivity contribution in [2.45, 2.75) is 6.54 Å². The van der Waals surface area contributed by atoms with E-state index >= 15 is 0 Å². The Bertz CT molecular complexity index is 1040. The molecule has 1 aromatic carbocycles. The van der Waals surface area contributed by atoms with Crippen molar-refractivity contribution in [3.05, 3.63) is 50.7 Å². The lowest BCUT2D eigenvalue weighted by Crippen LogP contribution is -2.29. The van der Waals surface area contributed by atoms with Gasteiger partial charge in [-0.1, -0.05) is 0 Å². The number of aromatic hydroxyl groups is 1. The standard InChI is InChI=1S/C15H16N6O4/c1-20-12-11(13(24)18-15(20)25)21(6-7-22)14(17-12)19-16-8-9-2-4-10(23)5-3-9/h2-5,8,22-23H,6-7H2,1H3,(H,17,19)(H,18,24,25)/b16-8+. The first-order valence-corrected chi connectivity index (χ1v) is 7.40. The Kier molecular flexibility index (Phi) is 4.35. The molecule has 25 heavy (non-hydrogen) atoms. The van der Waals surface area contributed by atoms with Crippen LogP contribution in [0.4, 0.5) is 5.95 Å². The van der Waals surface area contributed by atoms with Crippen molar-refractivity contribution >= 4 is 23.3 Å².